The lowest BCUT2D eigenvalue weighted by atomic mass is 10.0. The van der Waals surface area contributed by atoms with Crippen LogP contribution in [0.1, 0.15) is 232 Å². The van der Waals surface area contributed by atoms with Gasteiger partial charge in [0, 0.05) is 19.4 Å². The molecule has 0 aliphatic heterocycles. The van der Waals surface area contributed by atoms with Crippen LogP contribution in [0.5, 0.6) is 0 Å². The second-order valence-corrected chi connectivity index (χ2v) is 17.9. The Hall–Kier alpha value is -1.77. The molecule has 0 aromatic rings. The molecule has 0 aromatic heterocycles. The Kier molecular flexibility index (Phi) is 44.4. The fraction of sp³-hybridized carbons (Fsp3) is 0.837. The molecule has 3 N–H and O–H groups in total. The molecule has 9 nitrogen and oxygen atoms in total. The second-order valence-electron chi connectivity index (χ2n) is 16.4. The van der Waals surface area contributed by atoms with Crippen LogP contribution in [0.3, 0.4) is 0 Å². The number of unbranched alkanes of at least 4 members (excludes halogenated alkanes) is 27. The van der Waals surface area contributed by atoms with Crippen LogP contribution in [0, 0.1) is 0 Å². The van der Waals surface area contributed by atoms with Gasteiger partial charge in [0.2, 0.25) is 5.91 Å². The highest BCUT2D eigenvalue weighted by molar-refractivity contribution is 7.47. The lowest BCUT2D eigenvalue weighted by Gasteiger charge is -2.15. The number of aliphatic hydroxyl groups excluding tert-OH is 1. The average molecular weight is 854 g/mol. The van der Waals surface area contributed by atoms with Crippen molar-refractivity contribution < 1.29 is 37.9 Å². The Morgan fingerprint density at radius 3 is 1.41 bits per heavy atom. The lowest BCUT2D eigenvalue weighted by molar-refractivity contribution is -0.147. The van der Waals surface area contributed by atoms with E-state index in [1.54, 1.807) is 0 Å². The molecule has 0 saturated heterocycles. The zero-order valence-electron chi connectivity index (χ0n) is 38.2. The smallest absolute Gasteiger partial charge is 0.463 e. The normalized spacial score (nSPS) is 13.5. The number of nitrogens with one attached hydrogen (secondary N) is 1. The van der Waals surface area contributed by atoms with Crippen LogP contribution < -0.4 is 5.32 Å². The van der Waals surface area contributed by atoms with Gasteiger partial charge in [0.1, 0.15) is 12.7 Å². The third-order valence-electron chi connectivity index (χ3n) is 10.5. The summed E-state index contributed by atoms with van der Waals surface area (Å²) in [5.41, 5.74) is 0. The van der Waals surface area contributed by atoms with Crippen molar-refractivity contribution >= 4 is 19.7 Å². The summed E-state index contributed by atoms with van der Waals surface area (Å²) in [6, 6.07) is 0. The van der Waals surface area contributed by atoms with E-state index >= 15 is 0 Å². The first-order valence-corrected chi connectivity index (χ1v) is 26.0. The highest BCUT2D eigenvalue weighted by atomic mass is 31.2. The van der Waals surface area contributed by atoms with Gasteiger partial charge in [-0.25, -0.2) is 4.57 Å². The minimum atomic E-state index is -4.42. The molecule has 0 saturated carbocycles. The van der Waals surface area contributed by atoms with Gasteiger partial charge in [0.15, 0.2) is 0 Å². The first-order chi connectivity index (χ1) is 28.8. The van der Waals surface area contributed by atoms with Crippen molar-refractivity contribution in [2.45, 2.75) is 238 Å². The number of amides is 1. The summed E-state index contributed by atoms with van der Waals surface area (Å²) in [5.74, 6) is -0.520. The summed E-state index contributed by atoms with van der Waals surface area (Å²) < 4.78 is 26.9. The number of carbonyl (C=O) groups excluding carboxylic acids is 2. The van der Waals surface area contributed by atoms with E-state index in [1.807, 2.05) is 0 Å². The third-order valence-corrected chi connectivity index (χ3v) is 11.5. The molecule has 0 aliphatic carbocycles. The van der Waals surface area contributed by atoms with Gasteiger partial charge in [-0.3, -0.25) is 18.6 Å². The lowest BCUT2D eigenvalue weighted by Crippen LogP contribution is -2.27. The first kappa shape index (κ1) is 57.2. The van der Waals surface area contributed by atoms with E-state index in [9.17, 15) is 24.2 Å². The summed E-state index contributed by atoms with van der Waals surface area (Å²) in [5, 5.41) is 12.7. The summed E-state index contributed by atoms with van der Waals surface area (Å²) in [4.78, 5) is 34.0. The van der Waals surface area contributed by atoms with Crippen LogP contribution in [0.2, 0.25) is 0 Å². The van der Waals surface area contributed by atoms with Crippen molar-refractivity contribution in [3.63, 3.8) is 0 Å². The Labute approximate surface area is 363 Å². The molecular formula is C49H92NO8P. The predicted octanol–water partition coefficient (Wildman–Crippen LogP) is 14.1. The van der Waals surface area contributed by atoms with Gasteiger partial charge < -0.3 is 20.1 Å². The van der Waals surface area contributed by atoms with Crippen LogP contribution in [0.4, 0.5) is 0 Å². The minimum absolute atomic E-state index is 0.0813. The van der Waals surface area contributed by atoms with Crippen molar-refractivity contribution in [3.8, 4) is 0 Å². The Morgan fingerprint density at radius 1 is 0.525 bits per heavy atom. The minimum Gasteiger partial charge on any atom is -0.463 e. The van der Waals surface area contributed by atoms with Gasteiger partial charge >= 0.3 is 13.8 Å². The number of hydrogen-bond acceptors (Lipinski definition) is 7. The van der Waals surface area contributed by atoms with Crippen molar-refractivity contribution in [2.24, 2.45) is 0 Å². The predicted molar refractivity (Wildman–Crippen MR) is 247 cm³/mol. The SMILES string of the molecule is CCCCC/C=C\C/C=C\CCCCCCCCCCCCCCCC(=O)NCCOP(=O)(O)OCC(O)COC(=O)CCCCCCC/C=C\CCCCCCCC. The molecule has 0 bridgehead atoms. The quantitative estimate of drug-likeness (QED) is 0.0239. The number of rotatable bonds is 46. The number of hydrogen-bond donors (Lipinski definition) is 3. The Bertz CT molecular complexity index is 1060. The van der Waals surface area contributed by atoms with Crippen LogP contribution >= 0.6 is 7.82 Å². The van der Waals surface area contributed by atoms with Gasteiger partial charge in [-0.2, -0.15) is 0 Å². The van der Waals surface area contributed by atoms with E-state index in [4.69, 9.17) is 13.8 Å². The van der Waals surface area contributed by atoms with E-state index in [1.165, 1.54) is 141 Å². The zero-order chi connectivity index (χ0) is 43.2. The molecular weight excluding hydrogens is 762 g/mol. The number of esters is 1. The molecule has 2 atom stereocenters. The van der Waals surface area contributed by atoms with Gasteiger partial charge in [-0.15, -0.1) is 0 Å². The van der Waals surface area contributed by atoms with Crippen molar-refractivity contribution in [2.75, 3.05) is 26.4 Å². The summed E-state index contributed by atoms with van der Waals surface area (Å²) in [6.45, 7) is 3.54. The molecule has 0 aliphatic rings. The van der Waals surface area contributed by atoms with Crippen LogP contribution in [-0.4, -0.2) is 54.3 Å². The maximum atomic E-state index is 12.1. The van der Waals surface area contributed by atoms with E-state index < -0.39 is 26.5 Å². The number of phosphoric acid groups is 1. The molecule has 2 unspecified atom stereocenters. The Balaban J connectivity index is 3.55. The fourth-order valence-corrected chi connectivity index (χ4v) is 7.58. The molecule has 0 fully saturated rings. The van der Waals surface area contributed by atoms with Crippen molar-refractivity contribution in [3.05, 3.63) is 36.5 Å². The topological polar surface area (TPSA) is 131 Å². The molecule has 0 rings (SSSR count). The number of ether oxygens (including phenoxy) is 1. The summed E-state index contributed by atoms with van der Waals surface area (Å²) >= 11 is 0. The third kappa shape index (κ3) is 47.1. The standard InChI is InChI=1S/C49H92NO8P/c1-3-5-7-9-11-13-15-17-19-20-21-22-23-24-25-26-28-29-31-33-35-37-39-41-48(52)50-43-44-57-59(54,55)58-46-47(51)45-56-49(53)42-40-38-36-34-32-30-27-18-16-14-12-10-8-6-4-2/h11,13,17-19,27,47,51H,3-10,12,14-16,20-26,28-46H2,1-2H3,(H,50,52)(H,54,55)/b13-11-,19-17-,27-18-. The molecule has 1 amide bonds. The van der Waals surface area contributed by atoms with E-state index in [2.05, 4.69) is 55.6 Å². The largest absolute Gasteiger partial charge is 0.472 e. The van der Waals surface area contributed by atoms with Gasteiger partial charge in [-0.05, 0) is 70.6 Å². The Morgan fingerprint density at radius 2 is 0.915 bits per heavy atom. The van der Waals surface area contributed by atoms with Gasteiger partial charge in [-0.1, -0.05) is 185 Å². The number of aliphatic hydroxyl groups is 1. The monoisotopic (exact) mass is 854 g/mol. The molecule has 10 heteroatoms. The molecule has 0 heterocycles. The first-order valence-electron chi connectivity index (χ1n) is 24.5. The average Bonchev–Trinajstić information content (AvgIpc) is 3.22. The van der Waals surface area contributed by atoms with E-state index in [0.29, 0.717) is 6.42 Å². The number of carbonyl (C=O) groups is 2. The molecule has 0 aromatic carbocycles. The van der Waals surface area contributed by atoms with Crippen LogP contribution in [0.15, 0.2) is 36.5 Å². The summed E-state index contributed by atoms with van der Waals surface area (Å²) in [7, 11) is -4.42. The number of phosphoric ester groups is 1. The number of allylic oxidation sites excluding steroid dienone is 6. The summed E-state index contributed by atoms with van der Waals surface area (Å²) in [6.07, 6.45) is 52.2. The highest BCUT2D eigenvalue weighted by Gasteiger charge is 2.23. The van der Waals surface area contributed by atoms with Gasteiger partial charge in [0.25, 0.3) is 0 Å². The van der Waals surface area contributed by atoms with Gasteiger partial charge in [0.05, 0.1) is 13.2 Å². The maximum Gasteiger partial charge on any atom is 0.472 e. The molecule has 346 valence electrons. The molecule has 0 radical (unpaired) electrons. The second kappa shape index (κ2) is 45.7. The van der Waals surface area contributed by atoms with E-state index in [-0.39, 0.29) is 32.1 Å². The van der Waals surface area contributed by atoms with Crippen LogP contribution in [0.25, 0.3) is 0 Å². The van der Waals surface area contributed by atoms with E-state index in [0.717, 1.165) is 64.2 Å². The maximum absolute atomic E-state index is 12.1. The van der Waals surface area contributed by atoms with Crippen molar-refractivity contribution in [1.29, 1.82) is 0 Å². The zero-order valence-corrected chi connectivity index (χ0v) is 39.1. The molecule has 0 spiro atoms. The van der Waals surface area contributed by atoms with Crippen LogP contribution in [-0.2, 0) is 27.9 Å². The molecule has 59 heavy (non-hydrogen) atoms. The highest BCUT2D eigenvalue weighted by Crippen LogP contribution is 2.42. The fourth-order valence-electron chi connectivity index (χ4n) is 6.82. The van der Waals surface area contributed by atoms with Crippen molar-refractivity contribution in [1.82, 2.24) is 5.32 Å².